The van der Waals surface area contributed by atoms with Crippen LogP contribution in [0.3, 0.4) is 0 Å². The Morgan fingerprint density at radius 3 is 2.63 bits per heavy atom. The zero-order valence-corrected chi connectivity index (χ0v) is 11.3. The number of rotatable bonds is 6. The molecule has 8 heteroatoms. The van der Waals surface area contributed by atoms with Crippen LogP contribution in [0.25, 0.3) is 0 Å². The smallest absolute Gasteiger partial charge is 0.411 e. The zero-order valence-electron chi connectivity index (χ0n) is 10.5. The number of carbonyl (C=O) groups is 1. The summed E-state index contributed by atoms with van der Waals surface area (Å²) in [5, 5.41) is 9.00. The van der Waals surface area contributed by atoms with Crippen molar-refractivity contribution in [3.8, 4) is 0 Å². The molecule has 4 nitrogen and oxygen atoms in total. The van der Waals surface area contributed by atoms with Crippen LogP contribution >= 0.6 is 12.4 Å². The molecule has 0 aromatic heterocycles. The third-order valence-electron chi connectivity index (χ3n) is 2.90. The van der Waals surface area contributed by atoms with Crippen molar-refractivity contribution in [3.05, 3.63) is 0 Å². The second-order valence-corrected chi connectivity index (χ2v) is 4.41. The van der Waals surface area contributed by atoms with Crippen molar-refractivity contribution in [1.29, 1.82) is 0 Å². The van der Waals surface area contributed by atoms with Crippen LogP contribution in [0.5, 0.6) is 0 Å². The summed E-state index contributed by atoms with van der Waals surface area (Å²) in [5.74, 6) is -0.856. The summed E-state index contributed by atoms with van der Waals surface area (Å²) in [5.41, 5.74) is 0. The maximum Gasteiger partial charge on any atom is 0.411 e. The lowest BCUT2D eigenvalue weighted by Gasteiger charge is -2.32. The van der Waals surface area contributed by atoms with Gasteiger partial charge in [-0.25, -0.2) is 0 Å². The van der Waals surface area contributed by atoms with Crippen LogP contribution in [-0.4, -0.2) is 54.5 Å². The number of piperidine rings is 1. The van der Waals surface area contributed by atoms with Crippen molar-refractivity contribution in [1.82, 2.24) is 4.90 Å². The summed E-state index contributed by atoms with van der Waals surface area (Å²) in [6.07, 6.45) is -1.45. The molecule has 1 N–H and O–H groups in total. The van der Waals surface area contributed by atoms with E-state index in [1.54, 1.807) is 0 Å². The third kappa shape index (κ3) is 7.59. The van der Waals surface area contributed by atoms with E-state index in [1.807, 2.05) is 4.90 Å². The standard InChI is InChI=1S/C11H18F3NO3.ClH/c12-11(13,14)8-18-7-3-6-15-5-2-1-4-9(15)10(16)17;/h9H,1-8H2,(H,16,17);1H. The number of likely N-dealkylation sites (tertiary alicyclic amines) is 1. The molecule has 1 saturated heterocycles. The number of hydrogen-bond donors (Lipinski definition) is 1. The summed E-state index contributed by atoms with van der Waals surface area (Å²) < 4.78 is 39.9. The predicted molar refractivity (Wildman–Crippen MR) is 65.6 cm³/mol. The number of carboxylic acids is 1. The van der Waals surface area contributed by atoms with Crippen molar-refractivity contribution in [2.75, 3.05) is 26.3 Å². The minimum Gasteiger partial charge on any atom is -0.480 e. The van der Waals surface area contributed by atoms with Gasteiger partial charge in [-0.3, -0.25) is 9.69 Å². The zero-order chi connectivity index (χ0) is 13.6. The molecular formula is C11H19ClF3NO3. The van der Waals surface area contributed by atoms with E-state index in [2.05, 4.69) is 4.74 Å². The molecule has 0 aromatic rings. The SMILES string of the molecule is Cl.O=C(O)C1CCCCN1CCCOCC(F)(F)F. The first-order valence-electron chi connectivity index (χ1n) is 6.01. The molecule has 0 aliphatic carbocycles. The van der Waals surface area contributed by atoms with Gasteiger partial charge in [-0.15, -0.1) is 12.4 Å². The van der Waals surface area contributed by atoms with Crippen LogP contribution < -0.4 is 0 Å². The van der Waals surface area contributed by atoms with E-state index in [4.69, 9.17) is 5.11 Å². The lowest BCUT2D eigenvalue weighted by molar-refractivity contribution is -0.174. The van der Waals surface area contributed by atoms with E-state index in [1.165, 1.54) is 0 Å². The Labute approximate surface area is 116 Å². The topological polar surface area (TPSA) is 49.8 Å². The minimum atomic E-state index is -4.30. The number of ether oxygens (including phenoxy) is 1. The highest BCUT2D eigenvalue weighted by molar-refractivity contribution is 5.85. The summed E-state index contributed by atoms with van der Waals surface area (Å²) in [6.45, 7) is -0.0806. The van der Waals surface area contributed by atoms with E-state index in [0.29, 0.717) is 25.9 Å². The van der Waals surface area contributed by atoms with Crippen molar-refractivity contribution >= 4 is 18.4 Å². The molecular weight excluding hydrogens is 287 g/mol. The molecule has 0 aromatic carbocycles. The number of hydrogen-bond acceptors (Lipinski definition) is 3. The monoisotopic (exact) mass is 305 g/mol. The van der Waals surface area contributed by atoms with Crippen molar-refractivity contribution in [3.63, 3.8) is 0 Å². The van der Waals surface area contributed by atoms with Crippen LogP contribution in [0, 0.1) is 0 Å². The van der Waals surface area contributed by atoms with E-state index in [0.717, 1.165) is 12.8 Å². The molecule has 1 rings (SSSR count). The number of alkyl halides is 3. The van der Waals surface area contributed by atoms with Gasteiger partial charge in [0.2, 0.25) is 0 Å². The summed E-state index contributed by atoms with van der Waals surface area (Å²) in [7, 11) is 0. The summed E-state index contributed by atoms with van der Waals surface area (Å²) in [4.78, 5) is 12.8. The quantitative estimate of drug-likeness (QED) is 0.765. The number of halogens is 4. The van der Waals surface area contributed by atoms with Gasteiger partial charge in [0.25, 0.3) is 0 Å². The van der Waals surface area contributed by atoms with E-state index < -0.39 is 24.8 Å². The van der Waals surface area contributed by atoms with Gasteiger partial charge >= 0.3 is 12.1 Å². The first-order valence-corrected chi connectivity index (χ1v) is 6.01. The molecule has 1 atom stereocenters. The molecule has 1 aliphatic heterocycles. The minimum absolute atomic E-state index is 0. The molecule has 19 heavy (non-hydrogen) atoms. The highest BCUT2D eigenvalue weighted by Gasteiger charge is 2.29. The van der Waals surface area contributed by atoms with Gasteiger partial charge < -0.3 is 9.84 Å². The fourth-order valence-corrected chi connectivity index (χ4v) is 2.10. The molecule has 1 aliphatic rings. The highest BCUT2D eigenvalue weighted by Crippen LogP contribution is 2.18. The van der Waals surface area contributed by atoms with Gasteiger partial charge in [-0.2, -0.15) is 13.2 Å². The Hall–Kier alpha value is -0.530. The maximum absolute atomic E-state index is 11.8. The van der Waals surface area contributed by atoms with E-state index in [-0.39, 0.29) is 19.0 Å². The van der Waals surface area contributed by atoms with Gasteiger partial charge in [-0.05, 0) is 25.8 Å². The van der Waals surface area contributed by atoms with Crippen molar-refractivity contribution in [2.24, 2.45) is 0 Å². The molecule has 0 amide bonds. The van der Waals surface area contributed by atoms with Gasteiger partial charge in [0, 0.05) is 13.2 Å². The third-order valence-corrected chi connectivity index (χ3v) is 2.90. The fourth-order valence-electron chi connectivity index (χ4n) is 2.10. The Kier molecular flexibility index (Phi) is 8.36. The molecule has 0 bridgehead atoms. The van der Waals surface area contributed by atoms with Gasteiger partial charge in [0.05, 0.1) is 0 Å². The average Bonchev–Trinajstić information content (AvgIpc) is 2.27. The number of nitrogens with zero attached hydrogens (tertiary/aromatic N) is 1. The van der Waals surface area contributed by atoms with Gasteiger partial charge in [-0.1, -0.05) is 6.42 Å². The van der Waals surface area contributed by atoms with Crippen LogP contribution in [0.2, 0.25) is 0 Å². The van der Waals surface area contributed by atoms with Crippen LogP contribution in [0.15, 0.2) is 0 Å². The molecule has 1 unspecified atom stereocenters. The summed E-state index contributed by atoms with van der Waals surface area (Å²) in [6, 6.07) is -0.499. The highest BCUT2D eigenvalue weighted by atomic mass is 35.5. The van der Waals surface area contributed by atoms with Crippen molar-refractivity contribution in [2.45, 2.75) is 37.9 Å². The van der Waals surface area contributed by atoms with Crippen molar-refractivity contribution < 1.29 is 27.8 Å². The second kappa shape index (κ2) is 8.60. The number of carboxylic acid groups (broad SMARTS) is 1. The summed E-state index contributed by atoms with van der Waals surface area (Å²) >= 11 is 0. The Balaban J connectivity index is 0.00000324. The molecule has 1 heterocycles. The molecule has 0 saturated carbocycles. The Morgan fingerprint density at radius 1 is 1.37 bits per heavy atom. The normalized spacial score (nSPS) is 20.9. The predicted octanol–water partition coefficient (Wildman–Crippen LogP) is 2.32. The largest absolute Gasteiger partial charge is 0.480 e. The maximum atomic E-state index is 11.8. The first-order chi connectivity index (χ1) is 8.40. The van der Waals surface area contributed by atoms with Gasteiger partial charge in [0.15, 0.2) is 0 Å². The Bertz CT molecular complexity index is 276. The van der Waals surface area contributed by atoms with Crippen LogP contribution in [0.4, 0.5) is 13.2 Å². The van der Waals surface area contributed by atoms with E-state index >= 15 is 0 Å². The average molecular weight is 306 g/mol. The molecule has 1 fully saturated rings. The molecule has 0 radical (unpaired) electrons. The molecule has 0 spiro atoms. The van der Waals surface area contributed by atoms with Crippen LogP contribution in [-0.2, 0) is 9.53 Å². The number of aliphatic carboxylic acids is 1. The van der Waals surface area contributed by atoms with Gasteiger partial charge in [0.1, 0.15) is 12.6 Å². The molecule has 114 valence electrons. The first kappa shape index (κ1) is 18.5. The lowest BCUT2D eigenvalue weighted by Crippen LogP contribution is -2.45. The second-order valence-electron chi connectivity index (χ2n) is 4.41. The Morgan fingerprint density at radius 2 is 2.05 bits per heavy atom. The van der Waals surface area contributed by atoms with E-state index in [9.17, 15) is 18.0 Å². The van der Waals surface area contributed by atoms with Crippen LogP contribution in [0.1, 0.15) is 25.7 Å². The fraction of sp³-hybridized carbons (Fsp3) is 0.909. The lowest BCUT2D eigenvalue weighted by atomic mass is 10.0.